The van der Waals surface area contributed by atoms with E-state index in [4.69, 9.17) is 28.4 Å². The molecule has 3 aromatic carbocycles. The van der Waals surface area contributed by atoms with Gasteiger partial charge in [-0.25, -0.2) is 14.4 Å². The van der Waals surface area contributed by atoms with Gasteiger partial charge in [0.2, 0.25) is 0 Å². The van der Waals surface area contributed by atoms with Gasteiger partial charge in [0, 0.05) is 0 Å². The minimum Gasteiger partial charge on any atom is -0.459 e. The first kappa shape index (κ1) is 30.3. The molecular weight excluding hydrogens is 564 g/mol. The zero-order chi connectivity index (χ0) is 30.3. The van der Waals surface area contributed by atoms with Crippen molar-refractivity contribution >= 4 is 17.9 Å². The van der Waals surface area contributed by atoms with Crippen molar-refractivity contribution < 1.29 is 58.1 Å². The maximum Gasteiger partial charge on any atom is 0.338 e. The van der Waals surface area contributed by atoms with Crippen LogP contribution in [0.2, 0.25) is 0 Å². The van der Waals surface area contributed by atoms with Gasteiger partial charge in [-0.2, -0.15) is 0 Å². The van der Waals surface area contributed by atoms with Crippen molar-refractivity contribution in [3.8, 4) is 0 Å². The van der Waals surface area contributed by atoms with Gasteiger partial charge in [-0.05, 0) is 36.4 Å². The summed E-state index contributed by atoms with van der Waals surface area (Å²) >= 11 is 0. The molecule has 12 nitrogen and oxygen atoms in total. The number of ether oxygens (including phenoxy) is 6. The van der Waals surface area contributed by atoms with Gasteiger partial charge in [-0.15, -0.1) is 0 Å². The maximum atomic E-state index is 13.2. The van der Waals surface area contributed by atoms with Crippen molar-refractivity contribution in [1.29, 1.82) is 0 Å². The largest absolute Gasteiger partial charge is 0.459 e. The van der Waals surface area contributed by atoms with Crippen LogP contribution in [0.3, 0.4) is 0 Å². The van der Waals surface area contributed by atoms with Gasteiger partial charge < -0.3 is 43.7 Å². The van der Waals surface area contributed by atoms with E-state index in [-0.39, 0.29) is 23.3 Å². The third-order valence-electron chi connectivity index (χ3n) is 6.92. The van der Waals surface area contributed by atoms with Crippen LogP contribution in [0, 0.1) is 0 Å². The predicted molar refractivity (Wildman–Crippen MR) is 146 cm³/mol. The molecule has 0 spiro atoms. The molecule has 0 aromatic heterocycles. The number of hydrogen-bond donors (Lipinski definition) is 3. The predicted octanol–water partition coefficient (Wildman–Crippen LogP) is 1.48. The minimum absolute atomic E-state index is 0.188. The number of esters is 3. The molecule has 5 rings (SSSR count). The summed E-state index contributed by atoms with van der Waals surface area (Å²) in [6, 6.07) is 24.3. The molecule has 0 radical (unpaired) electrons. The van der Waals surface area contributed by atoms with Crippen LogP contribution in [0.5, 0.6) is 0 Å². The molecule has 2 saturated heterocycles. The molecule has 2 aliphatic rings. The molecule has 0 amide bonds. The lowest BCUT2D eigenvalue weighted by Crippen LogP contribution is -2.55. The third kappa shape index (κ3) is 7.25. The van der Waals surface area contributed by atoms with Crippen LogP contribution in [0.25, 0.3) is 0 Å². The van der Waals surface area contributed by atoms with Gasteiger partial charge in [-0.1, -0.05) is 54.6 Å². The first-order valence-electron chi connectivity index (χ1n) is 13.5. The summed E-state index contributed by atoms with van der Waals surface area (Å²) in [6.07, 6.45) is -11.6. The summed E-state index contributed by atoms with van der Waals surface area (Å²) in [5.74, 6) is -2.23. The van der Waals surface area contributed by atoms with Crippen molar-refractivity contribution in [3.63, 3.8) is 0 Å². The Balaban J connectivity index is 1.42. The van der Waals surface area contributed by atoms with E-state index in [9.17, 15) is 29.7 Å². The molecule has 8 atom stereocenters. The summed E-state index contributed by atoms with van der Waals surface area (Å²) in [7, 11) is 0. The van der Waals surface area contributed by atoms with Crippen molar-refractivity contribution in [2.24, 2.45) is 0 Å². The molecule has 2 aliphatic heterocycles. The van der Waals surface area contributed by atoms with Crippen molar-refractivity contribution in [1.82, 2.24) is 0 Å². The number of aliphatic hydroxyl groups is 3. The standard InChI is InChI=1S/C31H30O12/c32-23-21(16-39-30(37)24(23)33)40-31-26(43-29(36)20-14-8-3-9-15-20)25(42-28(35)19-12-6-2-7-13-19)22(41-31)17-38-27(34)18-10-4-1-5-11-18/h1-15,21-26,30-33,37H,16-17H2/t21-,22+,23+,24-,25+,26-,30-,31-/m1/s1. The monoisotopic (exact) mass is 594 g/mol. The molecular formula is C31H30O12. The van der Waals surface area contributed by atoms with E-state index in [1.54, 1.807) is 66.7 Å². The van der Waals surface area contributed by atoms with Crippen LogP contribution >= 0.6 is 0 Å². The fourth-order valence-electron chi connectivity index (χ4n) is 4.62. The van der Waals surface area contributed by atoms with Crippen molar-refractivity contribution in [3.05, 3.63) is 108 Å². The van der Waals surface area contributed by atoms with Crippen molar-refractivity contribution in [2.45, 2.75) is 49.2 Å². The number of rotatable bonds is 9. The Bertz CT molecular complexity index is 1370. The molecule has 0 unspecified atom stereocenters. The molecule has 3 N–H and O–H groups in total. The molecule has 0 aliphatic carbocycles. The quantitative estimate of drug-likeness (QED) is 0.242. The minimum atomic E-state index is -1.69. The highest BCUT2D eigenvalue weighted by molar-refractivity contribution is 5.91. The Morgan fingerprint density at radius 1 is 0.674 bits per heavy atom. The molecule has 43 heavy (non-hydrogen) atoms. The fourth-order valence-corrected chi connectivity index (χ4v) is 4.62. The van der Waals surface area contributed by atoms with Gasteiger partial charge >= 0.3 is 17.9 Å². The number of carbonyl (C=O) groups excluding carboxylic acids is 3. The second-order valence-electron chi connectivity index (χ2n) is 9.86. The van der Waals surface area contributed by atoms with Gasteiger partial charge in [0.1, 0.15) is 31.0 Å². The highest BCUT2D eigenvalue weighted by Gasteiger charge is 2.53. The Morgan fingerprint density at radius 3 is 1.70 bits per heavy atom. The number of aliphatic hydroxyl groups excluding tert-OH is 3. The first-order chi connectivity index (χ1) is 20.8. The summed E-state index contributed by atoms with van der Waals surface area (Å²) in [5.41, 5.74) is 0.661. The molecule has 2 heterocycles. The van der Waals surface area contributed by atoms with E-state index in [0.717, 1.165) is 0 Å². The van der Waals surface area contributed by atoms with Crippen molar-refractivity contribution in [2.75, 3.05) is 13.2 Å². The number of carbonyl (C=O) groups is 3. The van der Waals surface area contributed by atoms with E-state index in [1.165, 1.54) is 24.3 Å². The lowest BCUT2D eigenvalue weighted by Gasteiger charge is -2.36. The van der Waals surface area contributed by atoms with E-state index in [0.29, 0.717) is 0 Å². The molecule has 0 saturated carbocycles. The third-order valence-corrected chi connectivity index (χ3v) is 6.92. The zero-order valence-corrected chi connectivity index (χ0v) is 22.7. The second-order valence-corrected chi connectivity index (χ2v) is 9.86. The van der Waals surface area contributed by atoms with Gasteiger partial charge in [0.05, 0.1) is 23.3 Å². The average Bonchev–Trinajstić information content (AvgIpc) is 3.35. The summed E-state index contributed by atoms with van der Waals surface area (Å²) in [6.45, 7) is -0.772. The normalized spacial score (nSPS) is 28.5. The Hall–Kier alpha value is -4.17. The first-order valence-corrected chi connectivity index (χ1v) is 13.5. The van der Waals surface area contributed by atoms with Crippen LogP contribution in [-0.4, -0.2) is 95.6 Å². The maximum absolute atomic E-state index is 13.2. The topological polar surface area (TPSA) is 167 Å². The van der Waals surface area contributed by atoms with Crippen LogP contribution in [-0.2, 0) is 28.4 Å². The van der Waals surface area contributed by atoms with E-state index in [1.807, 2.05) is 0 Å². The molecule has 2 fully saturated rings. The fraction of sp³-hybridized carbons (Fsp3) is 0.323. The Kier molecular flexibility index (Phi) is 9.77. The van der Waals surface area contributed by atoms with Gasteiger partial charge in [0.15, 0.2) is 24.8 Å². The van der Waals surface area contributed by atoms with Crippen LogP contribution < -0.4 is 0 Å². The SMILES string of the molecule is O=C(OC[C@@H]1O[C@@H](O[C@@H]2CO[C@@H](O)[C@H](O)[C@H]2O)[C@H](OC(=O)c2ccccc2)[C@H]1OC(=O)c1ccccc1)c1ccccc1. The lowest BCUT2D eigenvalue weighted by atomic mass is 10.1. The Labute approximate surface area is 246 Å². The molecule has 3 aromatic rings. The van der Waals surface area contributed by atoms with Crippen LogP contribution in [0.1, 0.15) is 31.1 Å². The summed E-state index contributed by atoms with van der Waals surface area (Å²) < 4.78 is 34.0. The van der Waals surface area contributed by atoms with Crippen LogP contribution in [0.15, 0.2) is 91.0 Å². The van der Waals surface area contributed by atoms with Gasteiger partial charge in [-0.3, -0.25) is 0 Å². The molecule has 0 bridgehead atoms. The smallest absolute Gasteiger partial charge is 0.338 e. The molecule has 12 heteroatoms. The molecule has 226 valence electrons. The highest BCUT2D eigenvalue weighted by Crippen LogP contribution is 2.32. The number of benzene rings is 3. The highest BCUT2D eigenvalue weighted by atomic mass is 16.8. The van der Waals surface area contributed by atoms with Crippen LogP contribution in [0.4, 0.5) is 0 Å². The van der Waals surface area contributed by atoms with E-state index >= 15 is 0 Å². The second kappa shape index (κ2) is 13.9. The Morgan fingerprint density at radius 2 is 1.16 bits per heavy atom. The lowest BCUT2D eigenvalue weighted by molar-refractivity contribution is -0.292. The van der Waals surface area contributed by atoms with E-state index in [2.05, 4.69) is 0 Å². The van der Waals surface area contributed by atoms with E-state index < -0.39 is 73.7 Å². The average molecular weight is 595 g/mol. The zero-order valence-electron chi connectivity index (χ0n) is 22.7. The summed E-state index contributed by atoms with van der Waals surface area (Å²) in [4.78, 5) is 39.0. The number of hydrogen-bond acceptors (Lipinski definition) is 12. The summed E-state index contributed by atoms with van der Waals surface area (Å²) in [5, 5.41) is 30.3. The van der Waals surface area contributed by atoms with Gasteiger partial charge in [0.25, 0.3) is 0 Å².